The second kappa shape index (κ2) is 3.61. The molecule has 0 fully saturated rings. The summed E-state index contributed by atoms with van der Waals surface area (Å²) < 4.78 is 22.4. The van der Waals surface area contributed by atoms with E-state index in [0.29, 0.717) is 4.47 Å². The first-order chi connectivity index (χ1) is 5.95. The van der Waals surface area contributed by atoms with E-state index in [1.54, 1.807) is 18.2 Å². The molecule has 3 nitrogen and oxygen atoms in total. The van der Waals surface area contributed by atoms with E-state index in [1.165, 1.54) is 6.07 Å². The van der Waals surface area contributed by atoms with Crippen LogP contribution in [0.2, 0.25) is 0 Å². The predicted molar refractivity (Wildman–Crippen MR) is 55.6 cm³/mol. The molecule has 0 unspecified atom stereocenters. The summed E-state index contributed by atoms with van der Waals surface area (Å²) in [5.74, 6) is 0. The zero-order valence-electron chi connectivity index (χ0n) is 6.70. The summed E-state index contributed by atoms with van der Waals surface area (Å²) in [5.41, 5.74) is 0.833. The Kier molecular flexibility index (Phi) is 2.90. The van der Waals surface area contributed by atoms with Gasteiger partial charge in [-0.1, -0.05) is 18.7 Å². The quantitative estimate of drug-likeness (QED) is 0.882. The zero-order valence-corrected chi connectivity index (χ0v) is 9.10. The van der Waals surface area contributed by atoms with Crippen LogP contribution in [0.15, 0.2) is 34.1 Å². The summed E-state index contributed by atoms with van der Waals surface area (Å²) in [6.45, 7) is 3.56. The molecule has 0 heterocycles. The van der Waals surface area contributed by atoms with E-state index in [2.05, 4.69) is 22.5 Å². The van der Waals surface area contributed by atoms with Crippen LogP contribution in [0.3, 0.4) is 0 Å². The lowest BCUT2D eigenvalue weighted by molar-refractivity contribution is 0.597. The van der Waals surface area contributed by atoms with Crippen LogP contribution < -0.4 is 5.14 Å². The summed E-state index contributed by atoms with van der Waals surface area (Å²) in [6, 6.07) is 4.72. The molecule has 1 aromatic rings. The molecule has 1 rings (SSSR count). The third-order valence-electron chi connectivity index (χ3n) is 1.50. The van der Waals surface area contributed by atoms with Gasteiger partial charge in [-0.25, -0.2) is 13.6 Å². The van der Waals surface area contributed by atoms with Gasteiger partial charge in [0.1, 0.15) is 0 Å². The highest BCUT2D eigenvalue weighted by Gasteiger charge is 2.11. The van der Waals surface area contributed by atoms with Gasteiger partial charge in [0, 0.05) is 4.47 Å². The van der Waals surface area contributed by atoms with Gasteiger partial charge in [-0.05, 0) is 33.6 Å². The Morgan fingerprint density at radius 3 is 2.46 bits per heavy atom. The number of halogens is 1. The fraction of sp³-hybridized carbons (Fsp3) is 0. The van der Waals surface area contributed by atoms with Gasteiger partial charge in [0.05, 0.1) is 4.90 Å². The lowest BCUT2D eigenvalue weighted by Crippen LogP contribution is -2.12. The molecular formula is C8H8BrNO2S. The molecule has 0 aliphatic heterocycles. The Labute approximate surface area is 85.4 Å². The Morgan fingerprint density at radius 1 is 1.46 bits per heavy atom. The smallest absolute Gasteiger partial charge is 0.225 e. The maximum atomic E-state index is 11.0. The van der Waals surface area contributed by atoms with E-state index >= 15 is 0 Å². The highest BCUT2D eigenvalue weighted by molar-refractivity contribution is 9.10. The van der Waals surface area contributed by atoms with Crippen LogP contribution in [0.5, 0.6) is 0 Å². The topological polar surface area (TPSA) is 60.2 Å². The van der Waals surface area contributed by atoms with Crippen LogP contribution >= 0.6 is 15.9 Å². The highest BCUT2D eigenvalue weighted by atomic mass is 79.9. The van der Waals surface area contributed by atoms with Gasteiger partial charge in [-0.2, -0.15) is 0 Å². The number of hydrogen-bond donors (Lipinski definition) is 1. The normalized spacial score (nSPS) is 11.2. The molecule has 0 aliphatic carbocycles. The van der Waals surface area contributed by atoms with Gasteiger partial charge in [0.2, 0.25) is 10.0 Å². The molecule has 13 heavy (non-hydrogen) atoms. The average molecular weight is 262 g/mol. The summed E-state index contributed by atoms with van der Waals surface area (Å²) in [5, 5.41) is 4.97. The lowest BCUT2D eigenvalue weighted by Gasteiger charge is -2.02. The third kappa shape index (κ3) is 2.40. The van der Waals surface area contributed by atoms with Crippen LogP contribution in [0.4, 0.5) is 0 Å². The predicted octanol–water partition coefficient (Wildman–Crippen LogP) is 1.74. The minimum atomic E-state index is -3.64. The summed E-state index contributed by atoms with van der Waals surface area (Å²) in [6.07, 6.45) is 1.62. The Morgan fingerprint density at radius 2 is 2.08 bits per heavy atom. The van der Waals surface area contributed by atoms with Crippen molar-refractivity contribution in [2.75, 3.05) is 0 Å². The van der Waals surface area contributed by atoms with Gasteiger partial charge >= 0.3 is 0 Å². The van der Waals surface area contributed by atoms with E-state index in [4.69, 9.17) is 5.14 Å². The lowest BCUT2D eigenvalue weighted by atomic mass is 10.2. The number of nitrogens with two attached hydrogens (primary N) is 1. The molecule has 0 spiro atoms. The molecule has 0 saturated carbocycles. The zero-order chi connectivity index (χ0) is 10.1. The van der Waals surface area contributed by atoms with Crippen molar-refractivity contribution in [3.8, 4) is 0 Å². The molecule has 0 aromatic heterocycles. The first kappa shape index (κ1) is 10.4. The van der Waals surface area contributed by atoms with Gasteiger partial charge < -0.3 is 0 Å². The SMILES string of the molecule is C=Cc1ccc(S(N)(=O)=O)c(Br)c1. The standard InChI is InChI=1S/C8H8BrNO2S/c1-2-6-3-4-8(7(9)5-6)13(10,11)12/h2-5H,1H2,(H2,10,11,12). The second-order valence-electron chi connectivity index (χ2n) is 2.44. The van der Waals surface area contributed by atoms with Gasteiger partial charge in [-0.3, -0.25) is 0 Å². The van der Waals surface area contributed by atoms with Gasteiger partial charge in [0.15, 0.2) is 0 Å². The van der Waals surface area contributed by atoms with E-state index in [-0.39, 0.29) is 4.90 Å². The summed E-state index contributed by atoms with van der Waals surface area (Å²) >= 11 is 3.12. The minimum Gasteiger partial charge on any atom is -0.225 e. The van der Waals surface area contributed by atoms with Crippen molar-refractivity contribution in [1.82, 2.24) is 0 Å². The van der Waals surface area contributed by atoms with E-state index < -0.39 is 10.0 Å². The molecule has 1 aromatic carbocycles. The van der Waals surface area contributed by atoms with Crippen LogP contribution in [-0.4, -0.2) is 8.42 Å². The van der Waals surface area contributed by atoms with Gasteiger partial charge in [-0.15, -0.1) is 0 Å². The Hall–Kier alpha value is -0.650. The van der Waals surface area contributed by atoms with Crippen molar-refractivity contribution in [1.29, 1.82) is 0 Å². The van der Waals surface area contributed by atoms with Gasteiger partial charge in [0.25, 0.3) is 0 Å². The molecule has 0 bridgehead atoms. The molecular weight excluding hydrogens is 254 g/mol. The number of primary sulfonamides is 1. The van der Waals surface area contributed by atoms with E-state index in [1.807, 2.05) is 0 Å². The monoisotopic (exact) mass is 261 g/mol. The highest BCUT2D eigenvalue weighted by Crippen LogP contribution is 2.22. The molecule has 0 atom stereocenters. The Bertz CT molecular complexity index is 439. The van der Waals surface area contributed by atoms with E-state index in [9.17, 15) is 8.42 Å². The van der Waals surface area contributed by atoms with Crippen molar-refractivity contribution in [2.45, 2.75) is 4.90 Å². The van der Waals surface area contributed by atoms with Crippen LogP contribution in [0.1, 0.15) is 5.56 Å². The molecule has 2 N–H and O–H groups in total. The first-order valence-electron chi connectivity index (χ1n) is 3.40. The molecule has 70 valence electrons. The third-order valence-corrected chi connectivity index (χ3v) is 3.39. The van der Waals surface area contributed by atoms with Crippen molar-refractivity contribution in [3.63, 3.8) is 0 Å². The second-order valence-corrected chi connectivity index (χ2v) is 4.82. The van der Waals surface area contributed by atoms with Crippen molar-refractivity contribution in [2.24, 2.45) is 5.14 Å². The maximum Gasteiger partial charge on any atom is 0.239 e. The number of benzene rings is 1. The minimum absolute atomic E-state index is 0.0816. The fourth-order valence-electron chi connectivity index (χ4n) is 0.875. The first-order valence-corrected chi connectivity index (χ1v) is 5.74. The van der Waals surface area contributed by atoms with Crippen LogP contribution in [0, 0.1) is 0 Å². The summed E-state index contributed by atoms with van der Waals surface area (Å²) in [4.78, 5) is 0.0816. The molecule has 0 radical (unpaired) electrons. The number of hydrogen-bond acceptors (Lipinski definition) is 2. The number of sulfonamides is 1. The summed E-state index contributed by atoms with van der Waals surface area (Å²) in [7, 11) is -3.64. The van der Waals surface area contributed by atoms with Crippen LogP contribution in [0.25, 0.3) is 6.08 Å². The number of rotatable bonds is 2. The van der Waals surface area contributed by atoms with Crippen molar-refractivity contribution < 1.29 is 8.42 Å². The van der Waals surface area contributed by atoms with Crippen LogP contribution in [-0.2, 0) is 10.0 Å². The fourth-order valence-corrected chi connectivity index (χ4v) is 2.54. The molecule has 0 aliphatic rings. The van der Waals surface area contributed by atoms with E-state index in [0.717, 1.165) is 5.56 Å². The Balaban J connectivity index is 3.37. The van der Waals surface area contributed by atoms with Crippen molar-refractivity contribution in [3.05, 3.63) is 34.8 Å². The van der Waals surface area contributed by atoms with Crippen molar-refractivity contribution >= 4 is 32.0 Å². The largest absolute Gasteiger partial charge is 0.239 e. The maximum absolute atomic E-state index is 11.0. The average Bonchev–Trinajstić information content (AvgIpc) is 2.01. The molecule has 5 heteroatoms. The molecule has 0 amide bonds. The molecule has 0 saturated heterocycles.